The number of amides is 2. The molecule has 170 valence electrons. The topological polar surface area (TPSA) is 72.9 Å². The third-order valence-electron chi connectivity index (χ3n) is 4.84. The minimum atomic E-state index is -4.83. The number of alkyl halides is 6. The monoisotopic (exact) mass is 464 g/mol. The van der Waals surface area contributed by atoms with Crippen molar-refractivity contribution in [3.63, 3.8) is 0 Å². The van der Waals surface area contributed by atoms with E-state index in [2.05, 4.69) is 10.4 Å². The van der Waals surface area contributed by atoms with E-state index in [0.717, 1.165) is 16.8 Å². The fraction of sp³-hybridized carbons (Fsp3) is 0.0909. The summed E-state index contributed by atoms with van der Waals surface area (Å²) in [7, 11) is 0. The Morgan fingerprint density at radius 1 is 0.879 bits per heavy atom. The van der Waals surface area contributed by atoms with Crippen LogP contribution in [0, 0.1) is 0 Å². The molecule has 1 heterocycles. The number of nitrogens with two attached hydrogens (primary N) is 1. The number of nitrogens with one attached hydrogen (secondary N) is 1. The highest BCUT2D eigenvalue weighted by Gasteiger charge is 2.36. The number of carbonyl (C=O) groups is 1. The number of carbonyl (C=O) groups excluding carboxylic acids is 1. The van der Waals surface area contributed by atoms with Gasteiger partial charge in [0.25, 0.3) is 0 Å². The second kappa shape index (κ2) is 7.84. The number of anilines is 1. The van der Waals surface area contributed by atoms with Crippen molar-refractivity contribution in [3.8, 4) is 16.9 Å². The summed E-state index contributed by atoms with van der Waals surface area (Å²) in [5, 5.41) is 6.47. The number of hydrogen-bond acceptors (Lipinski definition) is 2. The van der Waals surface area contributed by atoms with Gasteiger partial charge >= 0.3 is 18.4 Å². The highest BCUT2D eigenvalue weighted by Crippen LogP contribution is 2.40. The Morgan fingerprint density at radius 2 is 1.55 bits per heavy atom. The number of primary amides is 1. The van der Waals surface area contributed by atoms with Crippen molar-refractivity contribution in [3.05, 3.63) is 78.0 Å². The lowest BCUT2D eigenvalue weighted by molar-refractivity contribution is -0.141. The first-order chi connectivity index (χ1) is 15.4. The number of fused-ring (bicyclic) bond motifs is 1. The first kappa shape index (κ1) is 22.2. The Hall–Kier alpha value is -4.02. The Kier molecular flexibility index (Phi) is 5.27. The molecule has 0 bridgehead atoms. The normalized spacial score (nSPS) is 12.2. The van der Waals surface area contributed by atoms with Gasteiger partial charge in [0.1, 0.15) is 0 Å². The molecule has 3 N–H and O–H groups in total. The third kappa shape index (κ3) is 4.47. The maximum atomic E-state index is 13.5. The lowest BCUT2D eigenvalue weighted by Gasteiger charge is -2.14. The highest BCUT2D eigenvalue weighted by molar-refractivity contribution is 5.97. The summed E-state index contributed by atoms with van der Waals surface area (Å²) in [5.41, 5.74) is 2.94. The Balaban J connectivity index is 1.97. The summed E-state index contributed by atoms with van der Waals surface area (Å²) in [6, 6.07) is 13.2. The van der Waals surface area contributed by atoms with Crippen molar-refractivity contribution in [1.82, 2.24) is 9.78 Å². The molecule has 2 amide bonds. The van der Waals surface area contributed by atoms with E-state index in [0.29, 0.717) is 11.5 Å². The molecule has 4 aromatic rings. The molecule has 4 rings (SSSR count). The molecule has 0 aliphatic rings. The number of rotatable bonds is 3. The van der Waals surface area contributed by atoms with Crippen LogP contribution in [0.15, 0.2) is 66.7 Å². The minimum absolute atomic E-state index is 0.0669. The summed E-state index contributed by atoms with van der Waals surface area (Å²) in [6.45, 7) is 0. The standard InChI is InChI=1S/C22H14F6N4O/c23-21(24,25)13-9-12-3-1-2-4-16(12)17(10-13)18-11-19(22(26,27)28)31-32(18)15-7-5-14(6-8-15)30-20(29)33/h1-11H,(H3,29,30,33). The fourth-order valence-electron chi connectivity index (χ4n) is 3.42. The lowest BCUT2D eigenvalue weighted by Crippen LogP contribution is -2.19. The van der Waals surface area contributed by atoms with Crippen LogP contribution in [0.25, 0.3) is 27.7 Å². The van der Waals surface area contributed by atoms with Gasteiger partial charge in [-0.15, -0.1) is 0 Å². The highest BCUT2D eigenvalue weighted by atomic mass is 19.4. The Bertz CT molecular complexity index is 1340. The molecule has 0 atom stereocenters. The van der Waals surface area contributed by atoms with E-state index in [-0.39, 0.29) is 28.0 Å². The average Bonchev–Trinajstić information content (AvgIpc) is 3.18. The zero-order valence-corrected chi connectivity index (χ0v) is 16.5. The van der Waals surface area contributed by atoms with Crippen LogP contribution in [0.1, 0.15) is 11.3 Å². The van der Waals surface area contributed by atoms with E-state index < -0.39 is 29.6 Å². The molecule has 0 radical (unpaired) electrons. The maximum Gasteiger partial charge on any atom is 0.435 e. The van der Waals surface area contributed by atoms with E-state index in [1.165, 1.54) is 42.5 Å². The van der Waals surface area contributed by atoms with Gasteiger partial charge in [-0.25, -0.2) is 9.48 Å². The van der Waals surface area contributed by atoms with Gasteiger partial charge in [0.2, 0.25) is 0 Å². The number of nitrogens with zero attached hydrogens (tertiary/aromatic N) is 2. The predicted molar refractivity (Wildman–Crippen MR) is 110 cm³/mol. The van der Waals surface area contributed by atoms with Gasteiger partial charge in [-0.3, -0.25) is 0 Å². The van der Waals surface area contributed by atoms with Crippen molar-refractivity contribution < 1.29 is 31.1 Å². The summed E-state index contributed by atoms with van der Waals surface area (Å²) in [6.07, 6.45) is -9.54. The second-order valence-electron chi connectivity index (χ2n) is 7.10. The van der Waals surface area contributed by atoms with E-state index in [9.17, 15) is 31.1 Å². The summed E-state index contributed by atoms with van der Waals surface area (Å²) in [5.74, 6) is 0. The van der Waals surface area contributed by atoms with Crippen LogP contribution in [-0.2, 0) is 12.4 Å². The zero-order valence-electron chi connectivity index (χ0n) is 16.5. The number of halogens is 6. The number of hydrogen-bond donors (Lipinski definition) is 2. The van der Waals surface area contributed by atoms with Crippen molar-refractivity contribution in [2.24, 2.45) is 5.73 Å². The Morgan fingerprint density at radius 3 is 2.15 bits per heavy atom. The second-order valence-corrected chi connectivity index (χ2v) is 7.10. The van der Waals surface area contributed by atoms with Crippen LogP contribution in [0.3, 0.4) is 0 Å². The molecule has 11 heteroatoms. The molecule has 33 heavy (non-hydrogen) atoms. The van der Waals surface area contributed by atoms with Gasteiger partial charge in [0, 0.05) is 11.3 Å². The quantitative estimate of drug-likeness (QED) is 0.353. The van der Waals surface area contributed by atoms with Crippen LogP contribution in [-0.4, -0.2) is 15.8 Å². The smallest absolute Gasteiger partial charge is 0.351 e. The lowest BCUT2D eigenvalue weighted by atomic mass is 9.98. The van der Waals surface area contributed by atoms with Gasteiger partial charge in [0.05, 0.1) is 16.9 Å². The van der Waals surface area contributed by atoms with Crippen LogP contribution >= 0.6 is 0 Å². The van der Waals surface area contributed by atoms with Crippen molar-refractivity contribution in [1.29, 1.82) is 0 Å². The minimum Gasteiger partial charge on any atom is -0.351 e. The van der Waals surface area contributed by atoms with E-state index >= 15 is 0 Å². The predicted octanol–water partition coefficient (Wildman–Crippen LogP) is 6.22. The van der Waals surface area contributed by atoms with Crippen LogP contribution in [0.4, 0.5) is 36.8 Å². The van der Waals surface area contributed by atoms with Crippen molar-refractivity contribution in [2.75, 3.05) is 5.32 Å². The number of aromatic nitrogens is 2. The molecule has 0 unspecified atom stereocenters. The number of benzene rings is 3. The molecule has 0 saturated carbocycles. The molecule has 0 aliphatic heterocycles. The van der Waals surface area contributed by atoms with Crippen molar-refractivity contribution >= 4 is 22.5 Å². The molecule has 3 aromatic carbocycles. The van der Waals surface area contributed by atoms with Gasteiger partial charge in [-0.1, -0.05) is 24.3 Å². The summed E-state index contributed by atoms with van der Waals surface area (Å²) >= 11 is 0. The van der Waals surface area contributed by atoms with E-state index in [1.807, 2.05) is 0 Å². The molecule has 1 aromatic heterocycles. The molecule has 0 aliphatic carbocycles. The Labute approximate surface area is 182 Å². The summed E-state index contributed by atoms with van der Waals surface area (Å²) in [4.78, 5) is 11.0. The van der Waals surface area contributed by atoms with Crippen LogP contribution in [0.2, 0.25) is 0 Å². The average molecular weight is 464 g/mol. The first-order valence-corrected chi connectivity index (χ1v) is 9.38. The number of urea groups is 1. The molecular weight excluding hydrogens is 450 g/mol. The summed E-state index contributed by atoms with van der Waals surface area (Å²) < 4.78 is 82.0. The molecule has 0 saturated heterocycles. The molecule has 0 fully saturated rings. The third-order valence-corrected chi connectivity index (χ3v) is 4.84. The molecule has 5 nitrogen and oxygen atoms in total. The van der Waals surface area contributed by atoms with Gasteiger partial charge in [-0.2, -0.15) is 31.4 Å². The molecule has 0 spiro atoms. The van der Waals surface area contributed by atoms with Gasteiger partial charge in [0.15, 0.2) is 5.69 Å². The van der Waals surface area contributed by atoms with Gasteiger partial charge in [-0.05, 0) is 53.2 Å². The maximum absolute atomic E-state index is 13.5. The van der Waals surface area contributed by atoms with Crippen LogP contribution < -0.4 is 11.1 Å². The van der Waals surface area contributed by atoms with Crippen molar-refractivity contribution in [2.45, 2.75) is 12.4 Å². The molecular formula is C22H14F6N4O. The first-order valence-electron chi connectivity index (χ1n) is 9.38. The van der Waals surface area contributed by atoms with E-state index in [4.69, 9.17) is 5.73 Å². The SMILES string of the molecule is NC(=O)Nc1ccc(-n2nc(C(F)(F)F)cc2-c2cc(C(F)(F)F)cc3ccccc23)cc1. The van der Waals surface area contributed by atoms with Gasteiger partial charge < -0.3 is 11.1 Å². The largest absolute Gasteiger partial charge is 0.435 e. The van der Waals surface area contributed by atoms with E-state index in [1.54, 1.807) is 6.07 Å². The zero-order chi connectivity index (χ0) is 24.0. The van der Waals surface area contributed by atoms with Crippen LogP contribution in [0.5, 0.6) is 0 Å². The fourth-order valence-corrected chi connectivity index (χ4v) is 3.42.